The Bertz CT molecular complexity index is 728. The number of aromatic nitrogens is 4. The summed E-state index contributed by atoms with van der Waals surface area (Å²) < 4.78 is 1.91. The van der Waals surface area contributed by atoms with Gasteiger partial charge in [0, 0.05) is 24.8 Å². The first-order chi connectivity index (χ1) is 9.16. The molecule has 0 saturated carbocycles. The number of nitrogens with one attached hydrogen (secondary N) is 1. The van der Waals surface area contributed by atoms with E-state index in [1.165, 1.54) is 11.3 Å². The van der Waals surface area contributed by atoms with E-state index in [-0.39, 0.29) is 0 Å². The van der Waals surface area contributed by atoms with E-state index in [9.17, 15) is 0 Å². The summed E-state index contributed by atoms with van der Waals surface area (Å²) in [5.74, 6) is 0.883. The van der Waals surface area contributed by atoms with Gasteiger partial charge in [-0.25, -0.2) is 9.97 Å². The maximum atomic E-state index is 4.42. The minimum atomic E-state index is 0.730. The molecule has 0 unspecified atom stereocenters. The van der Waals surface area contributed by atoms with Gasteiger partial charge in [0.05, 0.1) is 11.1 Å². The fraction of sp³-hybridized carbons (Fsp3) is 0.308. The smallest absolute Gasteiger partial charge is 0.138 e. The molecule has 0 radical (unpaired) electrons. The third kappa shape index (κ3) is 2.08. The quantitative estimate of drug-likeness (QED) is 0.797. The number of anilines is 1. The molecule has 0 aromatic carbocycles. The largest absolute Gasteiger partial charge is 0.365 e. The van der Waals surface area contributed by atoms with E-state index in [0.717, 1.165) is 28.3 Å². The zero-order valence-corrected chi connectivity index (χ0v) is 12.0. The molecule has 0 aliphatic heterocycles. The highest BCUT2D eigenvalue weighted by Crippen LogP contribution is 2.24. The van der Waals surface area contributed by atoms with Gasteiger partial charge in [-0.2, -0.15) is 5.10 Å². The number of fused-ring (bicyclic) bond motifs is 1. The van der Waals surface area contributed by atoms with Gasteiger partial charge >= 0.3 is 0 Å². The standard InChI is InChI=1S/C13H15N5S/c1-8-11(9(2)18(3)17-8)6-14-12-10-4-5-19-13(10)16-7-15-12/h4-5,7H,6H2,1-3H3,(H,14,15,16). The van der Waals surface area contributed by atoms with Crippen molar-refractivity contribution in [3.63, 3.8) is 0 Å². The van der Waals surface area contributed by atoms with Gasteiger partial charge in [-0.1, -0.05) is 0 Å². The Morgan fingerprint density at radius 3 is 2.89 bits per heavy atom. The fourth-order valence-electron chi connectivity index (χ4n) is 2.18. The molecule has 3 aromatic heterocycles. The number of nitrogens with zero attached hydrogens (tertiary/aromatic N) is 4. The zero-order valence-electron chi connectivity index (χ0n) is 11.1. The molecule has 3 aromatic rings. The van der Waals surface area contributed by atoms with Crippen molar-refractivity contribution in [1.29, 1.82) is 0 Å². The molecule has 3 rings (SSSR count). The highest BCUT2D eigenvalue weighted by Gasteiger charge is 2.10. The first-order valence-electron chi connectivity index (χ1n) is 6.08. The Labute approximate surface area is 115 Å². The second kappa shape index (κ2) is 4.62. The zero-order chi connectivity index (χ0) is 13.4. The molecule has 0 spiro atoms. The summed E-state index contributed by atoms with van der Waals surface area (Å²) in [4.78, 5) is 9.58. The van der Waals surface area contributed by atoms with E-state index in [1.807, 2.05) is 30.1 Å². The second-order valence-electron chi connectivity index (χ2n) is 4.49. The van der Waals surface area contributed by atoms with Gasteiger partial charge in [0.2, 0.25) is 0 Å². The van der Waals surface area contributed by atoms with E-state index in [4.69, 9.17) is 0 Å². The first kappa shape index (κ1) is 12.1. The predicted octanol–water partition coefficient (Wildman–Crippen LogP) is 2.65. The van der Waals surface area contributed by atoms with Crippen molar-refractivity contribution in [3.8, 4) is 0 Å². The van der Waals surface area contributed by atoms with Crippen LogP contribution in [0.15, 0.2) is 17.8 Å². The fourth-order valence-corrected chi connectivity index (χ4v) is 2.91. The number of rotatable bonds is 3. The Kier molecular flexibility index (Phi) is 2.94. The predicted molar refractivity (Wildman–Crippen MR) is 77.4 cm³/mol. The van der Waals surface area contributed by atoms with E-state index < -0.39 is 0 Å². The summed E-state index contributed by atoms with van der Waals surface area (Å²) in [6.45, 7) is 4.84. The molecular formula is C13H15N5S. The molecule has 0 amide bonds. The molecule has 98 valence electrons. The van der Waals surface area contributed by atoms with Crippen LogP contribution in [0, 0.1) is 13.8 Å². The van der Waals surface area contributed by atoms with Crippen LogP contribution in [0.2, 0.25) is 0 Å². The monoisotopic (exact) mass is 273 g/mol. The highest BCUT2D eigenvalue weighted by atomic mass is 32.1. The molecule has 0 saturated heterocycles. The summed E-state index contributed by atoms with van der Waals surface area (Å²) in [6.07, 6.45) is 1.60. The molecular weight excluding hydrogens is 258 g/mol. The number of hydrogen-bond acceptors (Lipinski definition) is 5. The first-order valence-corrected chi connectivity index (χ1v) is 6.96. The van der Waals surface area contributed by atoms with E-state index in [1.54, 1.807) is 17.7 Å². The van der Waals surface area contributed by atoms with E-state index >= 15 is 0 Å². The Hall–Kier alpha value is -1.95. The van der Waals surface area contributed by atoms with Crippen LogP contribution in [0.5, 0.6) is 0 Å². The van der Waals surface area contributed by atoms with Crippen molar-refractivity contribution in [3.05, 3.63) is 34.7 Å². The lowest BCUT2D eigenvalue weighted by Gasteiger charge is -2.06. The molecule has 1 N–H and O–H groups in total. The van der Waals surface area contributed by atoms with Gasteiger partial charge in [0.15, 0.2) is 0 Å². The van der Waals surface area contributed by atoms with Crippen molar-refractivity contribution in [2.24, 2.45) is 7.05 Å². The van der Waals surface area contributed by atoms with Crippen molar-refractivity contribution in [1.82, 2.24) is 19.7 Å². The van der Waals surface area contributed by atoms with Crippen LogP contribution in [0.1, 0.15) is 17.0 Å². The van der Waals surface area contributed by atoms with Gasteiger partial charge in [-0.15, -0.1) is 11.3 Å². The Balaban J connectivity index is 1.88. The van der Waals surface area contributed by atoms with Crippen LogP contribution in [0.25, 0.3) is 10.2 Å². The van der Waals surface area contributed by atoms with Gasteiger partial charge in [-0.05, 0) is 25.3 Å². The summed E-state index contributed by atoms with van der Waals surface area (Å²) >= 11 is 1.63. The van der Waals surface area contributed by atoms with Gasteiger partial charge in [0.1, 0.15) is 17.0 Å². The molecule has 0 aliphatic rings. The summed E-state index contributed by atoms with van der Waals surface area (Å²) in [7, 11) is 1.97. The van der Waals surface area contributed by atoms with Crippen LogP contribution in [-0.4, -0.2) is 19.7 Å². The molecule has 6 heteroatoms. The van der Waals surface area contributed by atoms with Crippen molar-refractivity contribution >= 4 is 27.4 Å². The molecule has 5 nitrogen and oxygen atoms in total. The van der Waals surface area contributed by atoms with Crippen LogP contribution in [0.4, 0.5) is 5.82 Å². The van der Waals surface area contributed by atoms with Crippen molar-refractivity contribution in [2.75, 3.05) is 5.32 Å². The summed E-state index contributed by atoms with van der Waals surface area (Å²) in [6, 6.07) is 2.05. The SMILES string of the molecule is Cc1nn(C)c(C)c1CNc1ncnc2sccc12. The summed E-state index contributed by atoms with van der Waals surface area (Å²) in [5.41, 5.74) is 3.47. The van der Waals surface area contributed by atoms with E-state index in [0.29, 0.717) is 0 Å². The lowest BCUT2D eigenvalue weighted by Crippen LogP contribution is -2.04. The molecule has 0 atom stereocenters. The number of hydrogen-bond donors (Lipinski definition) is 1. The third-order valence-electron chi connectivity index (χ3n) is 3.35. The minimum Gasteiger partial charge on any atom is -0.365 e. The molecule has 0 aliphatic carbocycles. The lowest BCUT2D eigenvalue weighted by molar-refractivity contribution is 0.730. The minimum absolute atomic E-state index is 0.730. The van der Waals surface area contributed by atoms with Gasteiger partial charge in [0.25, 0.3) is 0 Å². The maximum Gasteiger partial charge on any atom is 0.138 e. The topological polar surface area (TPSA) is 55.6 Å². The normalized spacial score (nSPS) is 11.1. The average molecular weight is 273 g/mol. The third-order valence-corrected chi connectivity index (χ3v) is 4.17. The highest BCUT2D eigenvalue weighted by molar-refractivity contribution is 7.16. The molecule has 19 heavy (non-hydrogen) atoms. The van der Waals surface area contributed by atoms with Crippen molar-refractivity contribution < 1.29 is 0 Å². The van der Waals surface area contributed by atoms with Crippen LogP contribution >= 0.6 is 11.3 Å². The Morgan fingerprint density at radius 1 is 1.32 bits per heavy atom. The average Bonchev–Trinajstić information content (AvgIpc) is 2.95. The van der Waals surface area contributed by atoms with Crippen LogP contribution in [-0.2, 0) is 13.6 Å². The van der Waals surface area contributed by atoms with Gasteiger partial charge in [-0.3, -0.25) is 4.68 Å². The van der Waals surface area contributed by atoms with Crippen LogP contribution < -0.4 is 5.32 Å². The lowest BCUT2D eigenvalue weighted by atomic mass is 10.2. The Morgan fingerprint density at radius 2 is 2.16 bits per heavy atom. The van der Waals surface area contributed by atoms with Crippen LogP contribution in [0.3, 0.4) is 0 Å². The molecule has 0 bridgehead atoms. The number of thiophene rings is 1. The second-order valence-corrected chi connectivity index (χ2v) is 5.38. The summed E-state index contributed by atoms with van der Waals surface area (Å²) in [5, 5.41) is 10.9. The molecule has 3 heterocycles. The van der Waals surface area contributed by atoms with E-state index in [2.05, 4.69) is 27.3 Å². The molecule has 0 fully saturated rings. The maximum absolute atomic E-state index is 4.42. The van der Waals surface area contributed by atoms with Crippen molar-refractivity contribution in [2.45, 2.75) is 20.4 Å². The van der Waals surface area contributed by atoms with Gasteiger partial charge < -0.3 is 5.32 Å². The number of aryl methyl sites for hydroxylation is 2.